The molecule has 0 aliphatic rings. The molecular formula is C68H43NO2. The van der Waals surface area contributed by atoms with Crippen molar-refractivity contribution in [2.45, 2.75) is 0 Å². The minimum Gasteiger partial charge on any atom is -0.455 e. The number of fused-ring (bicyclic) bond motifs is 10. The molecule has 0 aliphatic heterocycles. The Bertz CT molecular complexity index is 4060. The summed E-state index contributed by atoms with van der Waals surface area (Å²) in [5, 5.41) is 9.27. The molecule has 2 heterocycles. The predicted molar refractivity (Wildman–Crippen MR) is 298 cm³/mol. The maximum atomic E-state index is 7.02. The summed E-state index contributed by atoms with van der Waals surface area (Å²) in [7, 11) is 0. The average Bonchev–Trinajstić information content (AvgIpc) is 4.05. The van der Waals surface area contributed by atoms with E-state index in [1.807, 2.05) is 0 Å². The summed E-state index contributed by atoms with van der Waals surface area (Å²) in [6.07, 6.45) is 0. The van der Waals surface area contributed by atoms with Crippen LogP contribution in [0.25, 0.3) is 121 Å². The van der Waals surface area contributed by atoms with Crippen molar-refractivity contribution in [3.8, 4) is 55.6 Å². The molecule has 3 heteroatoms. The molecule has 12 aromatic carbocycles. The lowest BCUT2D eigenvalue weighted by Gasteiger charge is -2.26. The quantitative estimate of drug-likeness (QED) is 0.152. The van der Waals surface area contributed by atoms with E-state index in [4.69, 9.17) is 8.83 Å². The van der Waals surface area contributed by atoms with Gasteiger partial charge in [-0.25, -0.2) is 0 Å². The van der Waals surface area contributed by atoms with E-state index in [2.05, 4.69) is 266 Å². The Morgan fingerprint density at radius 3 is 1.08 bits per heavy atom. The molecule has 0 atom stereocenters. The Morgan fingerprint density at radius 1 is 0.225 bits per heavy atom. The van der Waals surface area contributed by atoms with Crippen molar-refractivity contribution < 1.29 is 8.83 Å². The monoisotopic (exact) mass is 905 g/mol. The molecule has 0 radical (unpaired) electrons. The highest BCUT2D eigenvalue weighted by atomic mass is 16.3. The van der Waals surface area contributed by atoms with Gasteiger partial charge in [0.15, 0.2) is 0 Å². The van der Waals surface area contributed by atoms with Gasteiger partial charge in [0.2, 0.25) is 0 Å². The summed E-state index contributed by atoms with van der Waals surface area (Å²) in [6.45, 7) is 0. The smallest absolute Gasteiger partial charge is 0.143 e. The lowest BCUT2D eigenvalue weighted by atomic mass is 9.95. The van der Waals surface area contributed by atoms with Crippen LogP contribution in [0.15, 0.2) is 270 Å². The molecule has 2 aromatic heterocycles. The fourth-order valence-electron chi connectivity index (χ4n) is 10.9. The molecule has 332 valence electrons. The van der Waals surface area contributed by atoms with Crippen LogP contribution >= 0.6 is 0 Å². The first kappa shape index (κ1) is 40.6. The Labute approximate surface area is 410 Å². The van der Waals surface area contributed by atoms with Crippen molar-refractivity contribution in [2.24, 2.45) is 0 Å². The summed E-state index contributed by atoms with van der Waals surface area (Å²) in [5.41, 5.74) is 17.8. The van der Waals surface area contributed by atoms with Crippen LogP contribution in [0.3, 0.4) is 0 Å². The minimum atomic E-state index is 0.885. The van der Waals surface area contributed by atoms with E-state index < -0.39 is 0 Å². The lowest BCUT2D eigenvalue weighted by Crippen LogP contribution is -2.10. The zero-order valence-corrected chi connectivity index (χ0v) is 38.6. The standard InChI is InChI=1S/C68H43NO2/c1-4-17-44(18-5-1)49-25-14-26-54(41-49)69(52-37-33-47(34-38-52)57-29-15-31-59-63-55-27-12-10-23-50(55)42-61(67(63)70-65(57)59)45-19-6-2-7-20-45)53-39-35-48(36-40-53)58-30-16-32-60-64-56-28-13-11-24-51(56)43-62(68(64)71-66(58)60)46-21-8-3-9-22-46/h1-43H. The summed E-state index contributed by atoms with van der Waals surface area (Å²) in [5.74, 6) is 0. The van der Waals surface area contributed by atoms with Crippen molar-refractivity contribution in [1.82, 2.24) is 0 Å². The number of hydrogen-bond donors (Lipinski definition) is 0. The van der Waals surface area contributed by atoms with Crippen molar-refractivity contribution in [3.05, 3.63) is 261 Å². The third kappa shape index (κ3) is 6.82. The van der Waals surface area contributed by atoms with Crippen LogP contribution in [-0.2, 0) is 0 Å². The molecule has 71 heavy (non-hydrogen) atoms. The van der Waals surface area contributed by atoms with Crippen molar-refractivity contribution in [1.29, 1.82) is 0 Å². The number of anilines is 3. The van der Waals surface area contributed by atoms with Gasteiger partial charge in [-0.05, 0) is 103 Å². The second-order valence-corrected chi connectivity index (χ2v) is 18.3. The Hall–Kier alpha value is -9.44. The second kappa shape index (κ2) is 16.7. The van der Waals surface area contributed by atoms with Crippen LogP contribution in [0.2, 0.25) is 0 Å². The highest BCUT2D eigenvalue weighted by molar-refractivity contribution is 6.25. The van der Waals surface area contributed by atoms with Crippen LogP contribution < -0.4 is 4.90 Å². The molecule has 0 unspecified atom stereocenters. The van der Waals surface area contributed by atoms with E-state index >= 15 is 0 Å². The molecule has 14 aromatic rings. The van der Waals surface area contributed by atoms with Crippen molar-refractivity contribution >= 4 is 82.5 Å². The SMILES string of the molecule is c1ccc(-c2cccc(N(c3ccc(-c4cccc5c4oc4c(-c6ccccc6)cc6ccccc6c45)cc3)c3ccc(-c4cccc5c4oc4c(-c6ccccc6)cc6ccccc6c45)cc3)c2)cc1. The zero-order chi connectivity index (χ0) is 46.8. The van der Waals surface area contributed by atoms with Crippen LogP contribution in [0.5, 0.6) is 0 Å². The number of hydrogen-bond acceptors (Lipinski definition) is 3. The highest BCUT2D eigenvalue weighted by Gasteiger charge is 2.22. The first-order valence-electron chi connectivity index (χ1n) is 24.2. The molecule has 3 nitrogen and oxygen atoms in total. The van der Waals surface area contributed by atoms with Crippen molar-refractivity contribution in [2.75, 3.05) is 4.90 Å². The van der Waals surface area contributed by atoms with Gasteiger partial charge in [0.25, 0.3) is 0 Å². The molecule has 14 rings (SSSR count). The number of furan rings is 2. The van der Waals surface area contributed by atoms with Gasteiger partial charge in [-0.3, -0.25) is 0 Å². The van der Waals surface area contributed by atoms with Gasteiger partial charge in [-0.2, -0.15) is 0 Å². The minimum absolute atomic E-state index is 0.885. The van der Waals surface area contributed by atoms with Crippen LogP contribution in [-0.4, -0.2) is 0 Å². The summed E-state index contributed by atoms with van der Waals surface area (Å²) in [6, 6.07) is 93.2. The summed E-state index contributed by atoms with van der Waals surface area (Å²) < 4.78 is 14.0. The van der Waals surface area contributed by atoms with Gasteiger partial charge >= 0.3 is 0 Å². The molecule has 0 saturated carbocycles. The fraction of sp³-hybridized carbons (Fsp3) is 0. The van der Waals surface area contributed by atoms with Gasteiger partial charge in [0.05, 0.1) is 0 Å². The van der Waals surface area contributed by atoms with Gasteiger partial charge < -0.3 is 13.7 Å². The summed E-state index contributed by atoms with van der Waals surface area (Å²) >= 11 is 0. The fourth-order valence-corrected chi connectivity index (χ4v) is 10.9. The number of para-hydroxylation sites is 2. The molecule has 0 N–H and O–H groups in total. The maximum Gasteiger partial charge on any atom is 0.143 e. The van der Waals surface area contributed by atoms with Gasteiger partial charge in [-0.1, -0.05) is 212 Å². The number of nitrogens with zero attached hydrogens (tertiary/aromatic N) is 1. The third-order valence-electron chi connectivity index (χ3n) is 14.2. The van der Waals surface area contributed by atoms with E-state index in [0.717, 1.165) is 111 Å². The van der Waals surface area contributed by atoms with Gasteiger partial charge in [0, 0.05) is 60.9 Å². The Morgan fingerprint density at radius 2 is 0.606 bits per heavy atom. The van der Waals surface area contributed by atoms with E-state index in [1.54, 1.807) is 0 Å². The molecular weight excluding hydrogens is 863 g/mol. The number of rotatable bonds is 8. The summed E-state index contributed by atoms with van der Waals surface area (Å²) in [4.78, 5) is 2.35. The van der Waals surface area contributed by atoms with Gasteiger partial charge in [-0.15, -0.1) is 0 Å². The molecule has 0 saturated heterocycles. The second-order valence-electron chi connectivity index (χ2n) is 18.3. The van der Waals surface area contributed by atoms with E-state index in [0.29, 0.717) is 0 Å². The molecule has 0 spiro atoms. The normalized spacial score (nSPS) is 11.7. The van der Waals surface area contributed by atoms with E-state index in [-0.39, 0.29) is 0 Å². The van der Waals surface area contributed by atoms with E-state index in [9.17, 15) is 0 Å². The first-order valence-corrected chi connectivity index (χ1v) is 24.2. The molecule has 0 aliphatic carbocycles. The Kier molecular flexibility index (Phi) is 9.53. The first-order chi connectivity index (χ1) is 35.2. The van der Waals surface area contributed by atoms with Crippen LogP contribution in [0.4, 0.5) is 17.1 Å². The molecule has 0 fully saturated rings. The predicted octanol–water partition coefficient (Wildman–Crippen LogP) is 19.6. The zero-order valence-electron chi connectivity index (χ0n) is 38.6. The van der Waals surface area contributed by atoms with Gasteiger partial charge in [0.1, 0.15) is 22.3 Å². The number of benzene rings is 12. The Balaban J connectivity index is 0.890. The third-order valence-corrected chi connectivity index (χ3v) is 14.2. The van der Waals surface area contributed by atoms with Crippen LogP contribution in [0, 0.1) is 0 Å². The molecule has 0 bridgehead atoms. The lowest BCUT2D eigenvalue weighted by molar-refractivity contribution is 0.671. The maximum absolute atomic E-state index is 7.02. The average molecular weight is 906 g/mol. The molecule has 0 amide bonds. The largest absolute Gasteiger partial charge is 0.455 e. The van der Waals surface area contributed by atoms with E-state index in [1.165, 1.54) is 27.1 Å². The van der Waals surface area contributed by atoms with Crippen LogP contribution in [0.1, 0.15) is 0 Å². The van der Waals surface area contributed by atoms with Crippen molar-refractivity contribution in [3.63, 3.8) is 0 Å². The highest BCUT2D eigenvalue weighted by Crippen LogP contribution is 2.47. The topological polar surface area (TPSA) is 29.5 Å².